The van der Waals surface area contributed by atoms with E-state index < -0.39 is 0 Å². The molecule has 0 saturated carbocycles. The van der Waals surface area contributed by atoms with Crippen LogP contribution < -0.4 is 0 Å². The van der Waals surface area contributed by atoms with Crippen LogP contribution in [-0.2, 0) is 15.9 Å². The van der Waals surface area contributed by atoms with Crippen molar-refractivity contribution in [2.45, 2.75) is 31.6 Å². The van der Waals surface area contributed by atoms with E-state index in [-0.39, 0.29) is 11.9 Å². The topological polar surface area (TPSA) is 87.4 Å². The predicted octanol–water partition coefficient (Wildman–Crippen LogP) is 5.03. The first kappa shape index (κ1) is 23.2. The Morgan fingerprint density at radius 1 is 0.886 bits per heavy atom. The highest BCUT2D eigenvalue weighted by molar-refractivity contribution is 5.96. The molecule has 0 spiro atoms. The van der Waals surface area contributed by atoms with Gasteiger partial charge in [-0.25, -0.2) is 9.59 Å². The number of H-pyrrole nitrogens is 2. The summed E-state index contributed by atoms with van der Waals surface area (Å²) < 4.78 is 9.76. The van der Waals surface area contributed by atoms with Gasteiger partial charge in [0, 0.05) is 34.2 Å². The fraction of sp³-hybridized carbons (Fsp3) is 0.357. The Hall–Kier alpha value is -3.58. The van der Waals surface area contributed by atoms with E-state index in [0.717, 1.165) is 67.1 Å². The van der Waals surface area contributed by atoms with Gasteiger partial charge >= 0.3 is 11.9 Å². The van der Waals surface area contributed by atoms with Crippen LogP contribution in [0.3, 0.4) is 0 Å². The minimum absolute atomic E-state index is 0.300. The highest BCUT2D eigenvalue weighted by Gasteiger charge is 2.23. The van der Waals surface area contributed by atoms with Gasteiger partial charge in [0.25, 0.3) is 0 Å². The van der Waals surface area contributed by atoms with E-state index >= 15 is 0 Å². The summed E-state index contributed by atoms with van der Waals surface area (Å²) in [5, 5.41) is 2.22. The number of hydrogen-bond donors (Lipinski definition) is 2. The summed E-state index contributed by atoms with van der Waals surface area (Å²) in [7, 11) is 2.82. The number of hydrogen-bond acceptors (Lipinski definition) is 5. The fourth-order valence-electron chi connectivity index (χ4n) is 5.32. The summed E-state index contributed by atoms with van der Waals surface area (Å²) in [6, 6.07) is 11.4. The Balaban J connectivity index is 1.18. The molecule has 0 bridgehead atoms. The van der Waals surface area contributed by atoms with Crippen LogP contribution in [0.5, 0.6) is 0 Å². The zero-order valence-electron chi connectivity index (χ0n) is 20.2. The quantitative estimate of drug-likeness (QED) is 0.368. The molecular formula is C28H31N3O4. The van der Waals surface area contributed by atoms with Crippen molar-refractivity contribution >= 4 is 33.7 Å². The van der Waals surface area contributed by atoms with Crippen LogP contribution in [0.1, 0.15) is 57.0 Å². The van der Waals surface area contributed by atoms with Gasteiger partial charge < -0.3 is 24.3 Å². The molecule has 5 rings (SSSR count). The molecule has 2 aromatic carbocycles. The van der Waals surface area contributed by atoms with Gasteiger partial charge in [-0.15, -0.1) is 0 Å². The number of carbonyl (C=O) groups is 2. The summed E-state index contributed by atoms with van der Waals surface area (Å²) in [6.45, 7) is 3.18. The number of aryl methyl sites for hydroxylation is 1. The molecular weight excluding hydrogens is 442 g/mol. The Labute approximate surface area is 204 Å². The summed E-state index contributed by atoms with van der Waals surface area (Å²) in [5.74, 6) is -0.123. The van der Waals surface area contributed by atoms with Crippen LogP contribution in [-0.4, -0.2) is 60.7 Å². The van der Waals surface area contributed by atoms with Crippen molar-refractivity contribution < 1.29 is 19.1 Å². The number of methoxy groups -OCH3 is 2. The maximum Gasteiger partial charge on any atom is 0.337 e. The second-order valence-corrected chi connectivity index (χ2v) is 9.28. The van der Waals surface area contributed by atoms with E-state index in [0.29, 0.717) is 17.0 Å². The van der Waals surface area contributed by atoms with Gasteiger partial charge in [0.05, 0.1) is 25.3 Å². The van der Waals surface area contributed by atoms with Crippen LogP contribution >= 0.6 is 0 Å². The molecule has 7 nitrogen and oxygen atoms in total. The second-order valence-electron chi connectivity index (χ2n) is 9.28. The monoisotopic (exact) mass is 473 g/mol. The third-order valence-corrected chi connectivity index (χ3v) is 7.27. The maximum absolute atomic E-state index is 12.0. The third-order valence-electron chi connectivity index (χ3n) is 7.27. The summed E-state index contributed by atoms with van der Waals surface area (Å²) >= 11 is 0. The van der Waals surface area contributed by atoms with Gasteiger partial charge in [0.1, 0.15) is 0 Å². The number of rotatable bonds is 7. The number of aromatic nitrogens is 2. The number of nitrogens with one attached hydrogen (secondary N) is 2. The number of aromatic amines is 2. The Kier molecular flexibility index (Phi) is 6.59. The van der Waals surface area contributed by atoms with E-state index in [1.807, 2.05) is 24.3 Å². The molecule has 2 N–H and O–H groups in total. The van der Waals surface area contributed by atoms with Gasteiger partial charge in [-0.05, 0) is 98.8 Å². The molecule has 7 heteroatoms. The van der Waals surface area contributed by atoms with E-state index in [1.54, 1.807) is 12.1 Å². The molecule has 1 aliphatic heterocycles. The molecule has 1 saturated heterocycles. The number of esters is 2. The molecule has 35 heavy (non-hydrogen) atoms. The first-order chi connectivity index (χ1) is 17.1. The average Bonchev–Trinajstić information content (AvgIpc) is 3.51. The predicted molar refractivity (Wildman–Crippen MR) is 136 cm³/mol. The highest BCUT2D eigenvalue weighted by atomic mass is 16.5. The van der Waals surface area contributed by atoms with Crippen molar-refractivity contribution in [3.8, 4) is 0 Å². The smallest absolute Gasteiger partial charge is 0.337 e. The standard InChI is InChI=1S/C28H31N3O4/c1-34-27(32)19-5-7-25-22(14-19)21(16-29-25)4-3-11-31-12-9-18(10-13-31)24-17-30-26-8-6-20(15-23(24)26)28(33)35-2/h5-8,14-18,29-30H,3-4,9-13H2,1-2H3. The van der Waals surface area contributed by atoms with Crippen molar-refractivity contribution in [1.82, 2.24) is 14.9 Å². The number of ether oxygens (including phenoxy) is 2. The van der Waals surface area contributed by atoms with Gasteiger partial charge in [0.2, 0.25) is 0 Å². The summed E-state index contributed by atoms with van der Waals surface area (Å²) in [6.07, 6.45) is 8.39. The molecule has 2 aromatic heterocycles. The molecule has 0 unspecified atom stereocenters. The van der Waals surface area contributed by atoms with Crippen LogP contribution in [0.2, 0.25) is 0 Å². The van der Waals surface area contributed by atoms with Crippen molar-refractivity contribution in [2.24, 2.45) is 0 Å². The van der Waals surface area contributed by atoms with Gasteiger partial charge in [0.15, 0.2) is 0 Å². The van der Waals surface area contributed by atoms with Gasteiger partial charge in [-0.1, -0.05) is 0 Å². The van der Waals surface area contributed by atoms with Crippen LogP contribution in [0.15, 0.2) is 48.8 Å². The largest absolute Gasteiger partial charge is 0.465 e. The normalized spacial score (nSPS) is 15.0. The minimum Gasteiger partial charge on any atom is -0.465 e. The Bertz CT molecular complexity index is 1360. The summed E-state index contributed by atoms with van der Waals surface area (Å²) in [4.78, 5) is 33.1. The molecule has 0 amide bonds. The second kappa shape index (κ2) is 9.96. The Morgan fingerprint density at radius 2 is 1.49 bits per heavy atom. The van der Waals surface area contributed by atoms with Crippen molar-refractivity contribution in [2.75, 3.05) is 33.9 Å². The molecule has 0 aliphatic carbocycles. The summed E-state index contributed by atoms with van der Waals surface area (Å²) in [5.41, 5.74) is 5.81. The number of likely N-dealkylation sites (tertiary alicyclic amines) is 1. The number of fused-ring (bicyclic) bond motifs is 2. The first-order valence-corrected chi connectivity index (χ1v) is 12.2. The lowest BCUT2D eigenvalue weighted by molar-refractivity contribution is 0.0592. The highest BCUT2D eigenvalue weighted by Crippen LogP contribution is 2.34. The van der Waals surface area contributed by atoms with Crippen LogP contribution in [0.25, 0.3) is 21.8 Å². The van der Waals surface area contributed by atoms with Crippen LogP contribution in [0.4, 0.5) is 0 Å². The molecule has 0 atom stereocenters. The van der Waals surface area contributed by atoms with Crippen molar-refractivity contribution in [1.29, 1.82) is 0 Å². The van der Waals surface area contributed by atoms with Crippen molar-refractivity contribution in [3.05, 3.63) is 71.0 Å². The lowest BCUT2D eigenvalue weighted by Crippen LogP contribution is -2.33. The molecule has 3 heterocycles. The van der Waals surface area contributed by atoms with Crippen molar-refractivity contribution in [3.63, 3.8) is 0 Å². The molecule has 1 aliphatic rings. The van der Waals surface area contributed by atoms with E-state index in [4.69, 9.17) is 9.47 Å². The fourth-order valence-corrected chi connectivity index (χ4v) is 5.32. The Morgan fingerprint density at radius 3 is 2.14 bits per heavy atom. The molecule has 4 aromatic rings. The first-order valence-electron chi connectivity index (χ1n) is 12.2. The van der Waals surface area contributed by atoms with Crippen LogP contribution in [0, 0.1) is 0 Å². The zero-order valence-corrected chi connectivity index (χ0v) is 20.2. The SMILES string of the molecule is COC(=O)c1ccc2[nH]cc(CCCN3CCC(c4c[nH]c5ccc(C(=O)OC)cc45)CC3)c2c1. The minimum atomic E-state index is -0.307. The number of benzene rings is 2. The van der Waals surface area contributed by atoms with E-state index in [2.05, 4.69) is 27.3 Å². The van der Waals surface area contributed by atoms with E-state index in [9.17, 15) is 9.59 Å². The zero-order chi connectivity index (χ0) is 24.4. The number of nitrogens with zero attached hydrogens (tertiary/aromatic N) is 1. The van der Waals surface area contributed by atoms with E-state index in [1.165, 1.54) is 25.3 Å². The lowest BCUT2D eigenvalue weighted by Gasteiger charge is -2.32. The molecule has 0 radical (unpaired) electrons. The third kappa shape index (κ3) is 4.68. The average molecular weight is 474 g/mol. The molecule has 1 fully saturated rings. The van der Waals surface area contributed by atoms with Gasteiger partial charge in [-0.2, -0.15) is 0 Å². The molecule has 182 valence electrons. The lowest BCUT2D eigenvalue weighted by atomic mass is 9.88. The number of carbonyl (C=O) groups excluding carboxylic acids is 2. The number of piperidine rings is 1. The maximum atomic E-state index is 12.0. The van der Waals surface area contributed by atoms with Gasteiger partial charge in [-0.3, -0.25) is 0 Å².